The first-order valence-corrected chi connectivity index (χ1v) is 4.29. The molecule has 1 aromatic carbocycles. The van der Waals surface area contributed by atoms with Gasteiger partial charge in [0.2, 0.25) is 0 Å². The predicted molar refractivity (Wildman–Crippen MR) is 56.1 cm³/mol. The third-order valence-electron chi connectivity index (χ3n) is 2.13. The molecular weight excluding hydrogens is 160 g/mol. The first kappa shape index (κ1) is 8.05. The zero-order valence-corrected chi connectivity index (χ0v) is 7.86. The van der Waals surface area contributed by atoms with Crippen molar-refractivity contribution in [1.82, 2.24) is 4.98 Å². The Morgan fingerprint density at radius 1 is 1.08 bits per heavy atom. The van der Waals surface area contributed by atoms with E-state index < -0.39 is 0 Å². The summed E-state index contributed by atoms with van der Waals surface area (Å²) in [6.07, 6.45) is 3.78. The van der Waals surface area contributed by atoms with Crippen molar-refractivity contribution in [3.8, 4) is 0 Å². The number of hydrogen-bond donors (Lipinski definition) is 0. The van der Waals surface area contributed by atoms with Gasteiger partial charge in [-0.25, -0.2) is 0 Å². The van der Waals surface area contributed by atoms with E-state index in [1.165, 1.54) is 10.8 Å². The van der Waals surface area contributed by atoms with Crippen LogP contribution in [0.4, 0.5) is 5.69 Å². The van der Waals surface area contributed by atoms with Crippen LogP contribution in [-0.2, 0) is 0 Å². The van der Waals surface area contributed by atoms with Crippen molar-refractivity contribution >= 4 is 16.5 Å². The van der Waals surface area contributed by atoms with Gasteiger partial charge in [0.1, 0.15) is 0 Å². The van der Waals surface area contributed by atoms with Gasteiger partial charge in [0, 0.05) is 31.1 Å². The zero-order valence-electron chi connectivity index (χ0n) is 7.86. The fraction of sp³-hybridized carbons (Fsp3) is 0.182. The minimum Gasteiger partial charge on any atom is -0.376 e. The molecule has 0 amide bonds. The number of fused-ring (bicyclic) bond motifs is 1. The van der Waals surface area contributed by atoms with Crippen LogP contribution in [0.3, 0.4) is 0 Å². The summed E-state index contributed by atoms with van der Waals surface area (Å²) < 4.78 is 0. The first-order chi connectivity index (χ1) is 6.29. The monoisotopic (exact) mass is 172 g/mol. The van der Waals surface area contributed by atoms with E-state index in [1.54, 1.807) is 0 Å². The molecule has 0 unspecified atom stereocenters. The van der Waals surface area contributed by atoms with Gasteiger partial charge in [-0.2, -0.15) is 0 Å². The summed E-state index contributed by atoms with van der Waals surface area (Å²) in [5.74, 6) is 0. The molecule has 0 aliphatic heterocycles. The van der Waals surface area contributed by atoms with Crippen LogP contribution in [0.25, 0.3) is 10.8 Å². The lowest BCUT2D eigenvalue weighted by atomic mass is 10.1. The van der Waals surface area contributed by atoms with Crippen LogP contribution >= 0.6 is 0 Å². The highest BCUT2D eigenvalue weighted by Crippen LogP contribution is 2.23. The van der Waals surface area contributed by atoms with E-state index in [4.69, 9.17) is 0 Å². The highest BCUT2D eigenvalue weighted by Gasteiger charge is 2.00. The molecule has 1 aromatic heterocycles. The van der Waals surface area contributed by atoms with E-state index >= 15 is 0 Å². The third-order valence-corrected chi connectivity index (χ3v) is 2.13. The maximum Gasteiger partial charge on any atom is 0.0627 e. The molecule has 0 saturated heterocycles. The van der Waals surface area contributed by atoms with Crippen LogP contribution in [0.1, 0.15) is 0 Å². The van der Waals surface area contributed by atoms with Crippen LogP contribution in [0.2, 0.25) is 0 Å². The molecule has 0 fully saturated rings. The largest absolute Gasteiger partial charge is 0.376 e. The summed E-state index contributed by atoms with van der Waals surface area (Å²) in [5.41, 5.74) is 1.16. The summed E-state index contributed by atoms with van der Waals surface area (Å²) in [4.78, 5) is 6.27. The second-order valence-corrected chi connectivity index (χ2v) is 3.27. The molecular formula is C11H12N2. The van der Waals surface area contributed by atoms with Crippen LogP contribution < -0.4 is 4.90 Å². The van der Waals surface area contributed by atoms with Crippen molar-refractivity contribution < 1.29 is 0 Å². The van der Waals surface area contributed by atoms with E-state index in [1.807, 2.05) is 32.6 Å². The minimum absolute atomic E-state index is 1.16. The van der Waals surface area contributed by atoms with E-state index in [0.717, 1.165) is 5.69 Å². The molecule has 0 atom stereocenters. The SMILES string of the molecule is CN(C)c1cncc2ccccc12. The highest BCUT2D eigenvalue weighted by molar-refractivity contribution is 5.92. The second kappa shape index (κ2) is 3.05. The highest BCUT2D eigenvalue weighted by atomic mass is 15.1. The summed E-state index contributed by atoms with van der Waals surface area (Å²) in [6.45, 7) is 0. The smallest absolute Gasteiger partial charge is 0.0627 e. The van der Waals surface area contributed by atoms with Gasteiger partial charge in [0.25, 0.3) is 0 Å². The Kier molecular flexibility index (Phi) is 1.89. The molecule has 66 valence electrons. The fourth-order valence-electron chi connectivity index (χ4n) is 1.46. The summed E-state index contributed by atoms with van der Waals surface area (Å²) in [6, 6.07) is 8.28. The van der Waals surface area contributed by atoms with E-state index in [0.29, 0.717) is 0 Å². The van der Waals surface area contributed by atoms with Crippen molar-refractivity contribution in [2.75, 3.05) is 19.0 Å². The maximum absolute atomic E-state index is 4.19. The summed E-state index contributed by atoms with van der Waals surface area (Å²) >= 11 is 0. The van der Waals surface area contributed by atoms with Gasteiger partial charge in [0.15, 0.2) is 0 Å². The number of nitrogens with zero attached hydrogens (tertiary/aromatic N) is 2. The topological polar surface area (TPSA) is 16.1 Å². The average Bonchev–Trinajstić information content (AvgIpc) is 2.17. The Labute approximate surface area is 77.8 Å². The molecule has 0 spiro atoms. The number of rotatable bonds is 1. The van der Waals surface area contributed by atoms with Gasteiger partial charge in [-0.05, 0) is 0 Å². The molecule has 2 aromatic rings. The Hall–Kier alpha value is -1.57. The average molecular weight is 172 g/mol. The molecule has 13 heavy (non-hydrogen) atoms. The van der Waals surface area contributed by atoms with Gasteiger partial charge in [-0.1, -0.05) is 24.3 Å². The normalized spacial score (nSPS) is 10.3. The number of benzene rings is 1. The Morgan fingerprint density at radius 3 is 2.62 bits per heavy atom. The molecule has 0 radical (unpaired) electrons. The predicted octanol–water partition coefficient (Wildman–Crippen LogP) is 2.30. The first-order valence-electron chi connectivity index (χ1n) is 4.29. The molecule has 0 aliphatic rings. The Morgan fingerprint density at radius 2 is 1.85 bits per heavy atom. The van der Waals surface area contributed by atoms with E-state index in [2.05, 4.69) is 28.1 Å². The van der Waals surface area contributed by atoms with Gasteiger partial charge in [0.05, 0.1) is 11.9 Å². The van der Waals surface area contributed by atoms with Crippen molar-refractivity contribution in [3.05, 3.63) is 36.7 Å². The molecule has 0 aliphatic carbocycles. The van der Waals surface area contributed by atoms with E-state index in [-0.39, 0.29) is 0 Å². The zero-order chi connectivity index (χ0) is 9.26. The van der Waals surface area contributed by atoms with Crippen LogP contribution in [0.5, 0.6) is 0 Å². The molecule has 2 nitrogen and oxygen atoms in total. The second-order valence-electron chi connectivity index (χ2n) is 3.27. The maximum atomic E-state index is 4.19. The van der Waals surface area contributed by atoms with Crippen molar-refractivity contribution in [3.63, 3.8) is 0 Å². The number of pyridine rings is 1. The number of aromatic nitrogens is 1. The van der Waals surface area contributed by atoms with Gasteiger partial charge in [-0.3, -0.25) is 4.98 Å². The molecule has 0 saturated carbocycles. The van der Waals surface area contributed by atoms with Crippen molar-refractivity contribution in [2.45, 2.75) is 0 Å². The molecule has 0 bridgehead atoms. The lowest BCUT2D eigenvalue weighted by Gasteiger charge is -2.14. The van der Waals surface area contributed by atoms with Gasteiger partial charge in [-0.15, -0.1) is 0 Å². The lowest BCUT2D eigenvalue weighted by molar-refractivity contribution is 1.12. The van der Waals surface area contributed by atoms with Gasteiger partial charge >= 0.3 is 0 Å². The van der Waals surface area contributed by atoms with Crippen LogP contribution in [-0.4, -0.2) is 19.1 Å². The third kappa shape index (κ3) is 1.35. The minimum atomic E-state index is 1.16. The lowest BCUT2D eigenvalue weighted by Crippen LogP contribution is -2.09. The quantitative estimate of drug-likeness (QED) is 0.656. The van der Waals surface area contributed by atoms with Crippen molar-refractivity contribution in [2.24, 2.45) is 0 Å². The number of hydrogen-bond acceptors (Lipinski definition) is 2. The Balaban J connectivity index is 2.76. The van der Waals surface area contributed by atoms with Crippen LogP contribution in [0.15, 0.2) is 36.7 Å². The van der Waals surface area contributed by atoms with Crippen LogP contribution in [0, 0.1) is 0 Å². The molecule has 0 N–H and O–H groups in total. The standard InChI is InChI=1S/C11H12N2/c1-13(2)11-8-12-7-9-5-3-4-6-10(9)11/h3-8H,1-2H3. The van der Waals surface area contributed by atoms with Gasteiger partial charge < -0.3 is 4.90 Å². The Bertz CT molecular complexity index is 416. The van der Waals surface area contributed by atoms with E-state index in [9.17, 15) is 0 Å². The number of anilines is 1. The molecule has 2 rings (SSSR count). The molecule has 1 heterocycles. The summed E-state index contributed by atoms with van der Waals surface area (Å²) in [7, 11) is 4.06. The van der Waals surface area contributed by atoms with Crippen molar-refractivity contribution in [1.29, 1.82) is 0 Å². The summed E-state index contributed by atoms with van der Waals surface area (Å²) in [5, 5.41) is 2.44. The fourth-order valence-corrected chi connectivity index (χ4v) is 1.46. The molecule has 2 heteroatoms.